The van der Waals surface area contributed by atoms with Crippen LogP contribution in [0.1, 0.15) is 19.3 Å². The second kappa shape index (κ2) is 1.69. The lowest BCUT2D eigenvalue weighted by molar-refractivity contribution is -0.145. The van der Waals surface area contributed by atoms with E-state index in [1.165, 1.54) is 6.42 Å². The number of carboxylic acid groups (broad SMARTS) is 1. The highest BCUT2D eigenvalue weighted by Crippen LogP contribution is 2.76. The summed E-state index contributed by atoms with van der Waals surface area (Å²) in [7, 11) is 0. The van der Waals surface area contributed by atoms with Gasteiger partial charge in [-0.15, -0.1) is 0 Å². The highest BCUT2D eigenvalue weighted by Gasteiger charge is 2.80. The van der Waals surface area contributed by atoms with Crippen molar-refractivity contribution in [2.75, 3.05) is 0 Å². The van der Waals surface area contributed by atoms with Gasteiger partial charge in [0.1, 0.15) is 0 Å². The Labute approximate surface area is 70.9 Å². The van der Waals surface area contributed by atoms with Gasteiger partial charge in [0.2, 0.25) is 0 Å². The number of hydrogen-bond acceptors (Lipinski definition) is 2. The van der Waals surface area contributed by atoms with Crippen LogP contribution in [0.25, 0.3) is 0 Å². The number of rotatable bonds is 1. The van der Waals surface area contributed by atoms with Crippen LogP contribution in [0.3, 0.4) is 0 Å². The third-order valence-corrected chi connectivity index (χ3v) is 4.39. The van der Waals surface area contributed by atoms with Crippen molar-refractivity contribution in [3.8, 4) is 0 Å². The van der Waals surface area contributed by atoms with E-state index >= 15 is 0 Å². The maximum Gasteiger partial charge on any atom is 0.311 e. The summed E-state index contributed by atoms with van der Waals surface area (Å²) in [5.41, 5.74) is 5.43. The Morgan fingerprint density at radius 1 is 1.50 bits per heavy atom. The molecule has 3 fully saturated rings. The van der Waals surface area contributed by atoms with Crippen LogP contribution in [0.2, 0.25) is 0 Å². The molecule has 3 nitrogen and oxygen atoms in total. The van der Waals surface area contributed by atoms with Crippen LogP contribution in [0, 0.1) is 23.2 Å². The predicted octanol–water partition coefficient (Wildman–Crippen LogP) is 0.444. The Kier molecular flexibility index (Phi) is 0.971. The van der Waals surface area contributed by atoms with Gasteiger partial charge in [-0.05, 0) is 37.0 Å². The summed E-state index contributed by atoms with van der Waals surface area (Å²) < 4.78 is 0. The molecule has 0 aromatic heterocycles. The van der Waals surface area contributed by atoms with E-state index in [1.54, 1.807) is 0 Å². The summed E-state index contributed by atoms with van der Waals surface area (Å²) in [5, 5.41) is 9.13. The maximum atomic E-state index is 11.1. The monoisotopic (exact) mass is 167 g/mol. The number of fused-ring (bicyclic) bond motifs is 1. The fourth-order valence-corrected chi connectivity index (χ4v) is 3.99. The van der Waals surface area contributed by atoms with Crippen LogP contribution < -0.4 is 5.73 Å². The molecule has 0 heterocycles. The van der Waals surface area contributed by atoms with Crippen molar-refractivity contribution in [3.05, 3.63) is 0 Å². The quantitative estimate of drug-likeness (QED) is 0.595. The Balaban J connectivity index is 2.04. The molecule has 0 aromatic rings. The van der Waals surface area contributed by atoms with E-state index in [0.717, 1.165) is 12.8 Å². The van der Waals surface area contributed by atoms with Crippen LogP contribution >= 0.6 is 0 Å². The lowest BCUT2D eigenvalue weighted by atomic mass is 9.95. The molecular weight excluding hydrogens is 154 g/mol. The van der Waals surface area contributed by atoms with Gasteiger partial charge in [0, 0.05) is 6.04 Å². The minimum Gasteiger partial charge on any atom is -0.481 e. The van der Waals surface area contributed by atoms with E-state index in [0.29, 0.717) is 17.8 Å². The Morgan fingerprint density at radius 3 is 2.75 bits per heavy atom. The fourth-order valence-electron chi connectivity index (χ4n) is 3.99. The average Bonchev–Trinajstić information content (AvgIpc) is 2.43. The molecule has 3 heteroatoms. The van der Waals surface area contributed by atoms with Gasteiger partial charge in [-0.25, -0.2) is 0 Å². The van der Waals surface area contributed by atoms with Crippen LogP contribution in [0.15, 0.2) is 0 Å². The van der Waals surface area contributed by atoms with Crippen molar-refractivity contribution in [2.45, 2.75) is 25.3 Å². The molecule has 12 heavy (non-hydrogen) atoms. The summed E-state index contributed by atoms with van der Waals surface area (Å²) in [5.74, 6) is 0.891. The average molecular weight is 167 g/mol. The zero-order valence-electron chi connectivity index (χ0n) is 6.86. The molecule has 0 amide bonds. The van der Waals surface area contributed by atoms with Gasteiger partial charge in [-0.2, -0.15) is 0 Å². The summed E-state index contributed by atoms with van der Waals surface area (Å²) in [6, 6.07) is -0.0579. The minimum atomic E-state index is -0.632. The molecule has 66 valence electrons. The van der Waals surface area contributed by atoms with Gasteiger partial charge in [-0.1, -0.05) is 0 Å². The standard InChI is InChI=1S/C9H13NO2/c10-6-3-4-1-2-5-7(4)9(5,6)8(11)12/h4-7H,1-3,10H2,(H,11,12)/t4?,5-,6+,7?,9-/m0/s1. The smallest absolute Gasteiger partial charge is 0.311 e. The van der Waals surface area contributed by atoms with Gasteiger partial charge in [-0.3, -0.25) is 4.79 Å². The number of hydrogen-bond donors (Lipinski definition) is 2. The Hall–Kier alpha value is -0.570. The van der Waals surface area contributed by atoms with Gasteiger partial charge in [0.15, 0.2) is 0 Å². The Morgan fingerprint density at radius 2 is 2.25 bits per heavy atom. The maximum absolute atomic E-state index is 11.1. The van der Waals surface area contributed by atoms with Crippen molar-refractivity contribution in [1.29, 1.82) is 0 Å². The minimum absolute atomic E-state index is 0.0579. The van der Waals surface area contributed by atoms with Crippen molar-refractivity contribution < 1.29 is 9.90 Å². The second-order valence-corrected chi connectivity index (χ2v) is 4.55. The zero-order valence-corrected chi connectivity index (χ0v) is 6.86. The molecule has 3 aliphatic rings. The lowest BCUT2D eigenvalue weighted by Gasteiger charge is -2.15. The van der Waals surface area contributed by atoms with E-state index in [-0.39, 0.29) is 6.04 Å². The van der Waals surface area contributed by atoms with Crippen molar-refractivity contribution >= 4 is 5.97 Å². The first kappa shape index (κ1) is 6.89. The summed E-state index contributed by atoms with van der Waals surface area (Å²) in [6.45, 7) is 0. The topological polar surface area (TPSA) is 63.3 Å². The third kappa shape index (κ3) is 0.454. The van der Waals surface area contributed by atoms with E-state index in [1.807, 2.05) is 0 Å². The van der Waals surface area contributed by atoms with Crippen LogP contribution in [0.4, 0.5) is 0 Å². The largest absolute Gasteiger partial charge is 0.481 e. The first-order valence-electron chi connectivity index (χ1n) is 4.68. The molecular formula is C9H13NO2. The van der Waals surface area contributed by atoms with E-state index in [2.05, 4.69) is 0 Å². The SMILES string of the molecule is N[C@@H]1CC2CC[C@H]3C2[C@@]13C(=O)O. The molecule has 3 rings (SSSR count). The molecule has 0 saturated heterocycles. The predicted molar refractivity (Wildman–Crippen MR) is 42.4 cm³/mol. The van der Waals surface area contributed by atoms with Crippen molar-refractivity contribution in [1.82, 2.24) is 0 Å². The highest BCUT2D eigenvalue weighted by molar-refractivity contribution is 5.82. The third-order valence-electron chi connectivity index (χ3n) is 4.39. The normalized spacial score (nSPS) is 60.1. The molecule has 0 aliphatic heterocycles. The van der Waals surface area contributed by atoms with Gasteiger partial charge in [0.25, 0.3) is 0 Å². The van der Waals surface area contributed by atoms with Gasteiger partial charge < -0.3 is 10.8 Å². The van der Waals surface area contributed by atoms with Crippen LogP contribution in [0.5, 0.6) is 0 Å². The van der Waals surface area contributed by atoms with Crippen LogP contribution in [-0.4, -0.2) is 17.1 Å². The van der Waals surface area contributed by atoms with Crippen molar-refractivity contribution in [2.24, 2.45) is 28.9 Å². The Bertz CT molecular complexity index is 261. The highest BCUT2D eigenvalue weighted by atomic mass is 16.4. The summed E-state index contributed by atoms with van der Waals surface area (Å²) in [6.07, 6.45) is 3.28. The van der Waals surface area contributed by atoms with Gasteiger partial charge >= 0.3 is 5.97 Å². The molecule has 0 radical (unpaired) electrons. The molecule has 3 saturated carbocycles. The number of aliphatic carboxylic acids is 1. The summed E-state index contributed by atoms with van der Waals surface area (Å²) in [4.78, 5) is 11.1. The number of carbonyl (C=O) groups is 1. The number of carboxylic acids is 1. The van der Waals surface area contributed by atoms with E-state index in [9.17, 15) is 4.79 Å². The molecule has 0 bridgehead atoms. The van der Waals surface area contributed by atoms with Gasteiger partial charge in [0.05, 0.1) is 5.41 Å². The van der Waals surface area contributed by atoms with Crippen molar-refractivity contribution in [3.63, 3.8) is 0 Å². The molecule has 3 N–H and O–H groups in total. The molecule has 0 spiro atoms. The van der Waals surface area contributed by atoms with Crippen LogP contribution in [-0.2, 0) is 4.79 Å². The van der Waals surface area contributed by atoms with E-state index in [4.69, 9.17) is 10.8 Å². The summed E-state index contributed by atoms with van der Waals surface area (Å²) >= 11 is 0. The zero-order chi connectivity index (χ0) is 8.51. The molecule has 2 unspecified atom stereocenters. The second-order valence-electron chi connectivity index (χ2n) is 4.55. The molecule has 5 atom stereocenters. The first-order chi connectivity index (χ1) is 5.69. The number of nitrogens with two attached hydrogens (primary N) is 1. The molecule has 3 aliphatic carbocycles. The van der Waals surface area contributed by atoms with E-state index < -0.39 is 11.4 Å². The first-order valence-corrected chi connectivity index (χ1v) is 4.68. The fraction of sp³-hybridized carbons (Fsp3) is 0.889. The molecule has 0 aromatic carbocycles. The lowest BCUT2D eigenvalue weighted by Crippen LogP contribution is -2.36.